The number of imidazole rings is 1. The quantitative estimate of drug-likeness (QED) is 0.737. The molecule has 3 aromatic rings. The van der Waals surface area contributed by atoms with E-state index in [0.717, 1.165) is 54.6 Å². The summed E-state index contributed by atoms with van der Waals surface area (Å²) in [5.41, 5.74) is 3.10. The van der Waals surface area contributed by atoms with Gasteiger partial charge in [0.05, 0.1) is 23.7 Å². The monoisotopic (exact) mass is 317 g/mol. The van der Waals surface area contributed by atoms with E-state index in [1.54, 1.807) is 0 Å². The third kappa shape index (κ3) is 2.79. The van der Waals surface area contributed by atoms with Gasteiger partial charge in [-0.2, -0.15) is 5.26 Å². The summed E-state index contributed by atoms with van der Waals surface area (Å²) in [5.74, 6) is 0.512. The fourth-order valence-corrected chi connectivity index (χ4v) is 3.46. The van der Waals surface area contributed by atoms with Crippen LogP contribution in [0.5, 0.6) is 0 Å². The first-order valence-corrected chi connectivity index (χ1v) is 8.35. The van der Waals surface area contributed by atoms with Gasteiger partial charge in [-0.25, -0.2) is 4.98 Å². The van der Waals surface area contributed by atoms with Gasteiger partial charge in [0.15, 0.2) is 0 Å². The Kier molecular flexibility index (Phi) is 4.02. The van der Waals surface area contributed by atoms with E-state index in [-0.39, 0.29) is 0 Å². The fraction of sp³-hybridized carbons (Fsp3) is 0.300. The summed E-state index contributed by atoms with van der Waals surface area (Å²) in [5, 5.41) is 11.4. The van der Waals surface area contributed by atoms with Crippen molar-refractivity contribution in [1.82, 2.24) is 9.55 Å². The number of nitriles is 1. The Balaban J connectivity index is 1.63. The van der Waals surface area contributed by atoms with Crippen LogP contribution in [0.15, 0.2) is 48.9 Å². The maximum atomic E-state index is 9.29. The first-order valence-electron chi connectivity index (χ1n) is 8.35. The lowest BCUT2D eigenvalue weighted by Crippen LogP contribution is -2.14. The summed E-state index contributed by atoms with van der Waals surface area (Å²) in [4.78, 5) is 4.60. The predicted octanol–water partition coefficient (Wildman–Crippen LogP) is 3.85. The maximum absolute atomic E-state index is 9.29. The number of ether oxygens (including phenoxy) is 1. The predicted molar refractivity (Wildman–Crippen MR) is 92.8 cm³/mol. The van der Waals surface area contributed by atoms with Crippen LogP contribution >= 0.6 is 0 Å². The van der Waals surface area contributed by atoms with Gasteiger partial charge in [-0.05, 0) is 35.2 Å². The molecule has 0 atom stereocenters. The normalized spacial score (nSPS) is 15.5. The van der Waals surface area contributed by atoms with E-state index in [2.05, 4.69) is 33.9 Å². The number of rotatable bonds is 3. The molecule has 0 unspecified atom stereocenters. The molecule has 1 aliphatic heterocycles. The van der Waals surface area contributed by atoms with Crippen LogP contribution in [-0.2, 0) is 11.3 Å². The van der Waals surface area contributed by atoms with Crippen molar-refractivity contribution >= 4 is 10.8 Å². The van der Waals surface area contributed by atoms with Crippen molar-refractivity contribution in [3.05, 3.63) is 65.7 Å². The lowest BCUT2D eigenvalue weighted by Gasteiger charge is -2.19. The van der Waals surface area contributed by atoms with Crippen LogP contribution in [0.4, 0.5) is 0 Å². The molecule has 4 rings (SSSR count). The van der Waals surface area contributed by atoms with Gasteiger partial charge < -0.3 is 9.30 Å². The Morgan fingerprint density at radius 3 is 2.71 bits per heavy atom. The second-order valence-corrected chi connectivity index (χ2v) is 6.29. The fourth-order valence-electron chi connectivity index (χ4n) is 3.46. The van der Waals surface area contributed by atoms with Crippen molar-refractivity contribution in [3.8, 4) is 6.07 Å². The Hall–Kier alpha value is -2.64. The van der Waals surface area contributed by atoms with Crippen molar-refractivity contribution in [1.29, 1.82) is 5.26 Å². The molecule has 0 aliphatic carbocycles. The zero-order chi connectivity index (χ0) is 16.4. The molecule has 0 bridgehead atoms. The number of fused-ring (bicyclic) bond motifs is 1. The van der Waals surface area contributed by atoms with Gasteiger partial charge in [-0.15, -0.1) is 0 Å². The van der Waals surface area contributed by atoms with E-state index >= 15 is 0 Å². The summed E-state index contributed by atoms with van der Waals surface area (Å²) in [7, 11) is 0. The van der Waals surface area contributed by atoms with Crippen LogP contribution in [0.3, 0.4) is 0 Å². The molecule has 1 fully saturated rings. The molecule has 120 valence electrons. The van der Waals surface area contributed by atoms with Crippen LogP contribution < -0.4 is 0 Å². The van der Waals surface area contributed by atoms with Crippen LogP contribution in [0.25, 0.3) is 10.8 Å². The minimum Gasteiger partial charge on any atom is -0.381 e. The molecule has 1 saturated heterocycles. The number of benzene rings is 2. The standard InChI is InChI=1S/C20H19N3O/c21-11-16-5-6-17(19-4-2-1-3-18(16)19)12-23-13-20(22-14-23)15-7-9-24-10-8-15/h1-6,13-15H,7-10,12H2. The highest BCUT2D eigenvalue weighted by atomic mass is 16.5. The van der Waals surface area contributed by atoms with E-state index in [0.29, 0.717) is 5.92 Å². The first kappa shape index (κ1) is 14.9. The van der Waals surface area contributed by atoms with Gasteiger partial charge in [0.25, 0.3) is 0 Å². The summed E-state index contributed by atoms with van der Waals surface area (Å²) in [6.07, 6.45) is 6.17. The van der Waals surface area contributed by atoms with Crippen molar-refractivity contribution in [2.45, 2.75) is 25.3 Å². The average molecular weight is 317 g/mol. The van der Waals surface area contributed by atoms with Crippen molar-refractivity contribution in [3.63, 3.8) is 0 Å². The van der Waals surface area contributed by atoms with Gasteiger partial charge in [-0.3, -0.25) is 0 Å². The Morgan fingerprint density at radius 1 is 1.12 bits per heavy atom. The van der Waals surface area contributed by atoms with Crippen molar-refractivity contribution < 1.29 is 4.74 Å². The van der Waals surface area contributed by atoms with E-state index in [1.807, 2.05) is 30.6 Å². The molecule has 24 heavy (non-hydrogen) atoms. The Bertz CT molecular complexity index is 901. The van der Waals surface area contributed by atoms with Crippen LogP contribution in [0.2, 0.25) is 0 Å². The zero-order valence-corrected chi connectivity index (χ0v) is 13.5. The topological polar surface area (TPSA) is 50.8 Å². The molecule has 1 aromatic heterocycles. The van der Waals surface area contributed by atoms with E-state index < -0.39 is 0 Å². The van der Waals surface area contributed by atoms with Gasteiger partial charge >= 0.3 is 0 Å². The minimum atomic E-state index is 0.512. The molecule has 4 nitrogen and oxygen atoms in total. The highest BCUT2D eigenvalue weighted by Crippen LogP contribution is 2.26. The Labute approximate surface area is 141 Å². The molecule has 4 heteroatoms. The molecule has 1 aliphatic rings. The van der Waals surface area contributed by atoms with E-state index in [1.165, 1.54) is 5.56 Å². The second kappa shape index (κ2) is 6.46. The number of aromatic nitrogens is 2. The molecule has 2 aromatic carbocycles. The molecule has 0 saturated carbocycles. The number of hydrogen-bond acceptors (Lipinski definition) is 3. The molecular formula is C20H19N3O. The Morgan fingerprint density at radius 2 is 1.92 bits per heavy atom. The maximum Gasteiger partial charge on any atom is 0.0998 e. The number of nitrogens with zero attached hydrogens (tertiary/aromatic N) is 3. The third-order valence-corrected chi connectivity index (χ3v) is 4.78. The number of hydrogen-bond donors (Lipinski definition) is 0. The molecule has 2 heterocycles. The lowest BCUT2D eigenvalue weighted by molar-refractivity contribution is 0.0845. The van der Waals surface area contributed by atoms with Crippen LogP contribution in [0, 0.1) is 11.3 Å². The summed E-state index contributed by atoms with van der Waals surface area (Å²) in [6, 6.07) is 14.3. The zero-order valence-electron chi connectivity index (χ0n) is 13.5. The smallest absolute Gasteiger partial charge is 0.0998 e. The SMILES string of the molecule is N#Cc1ccc(Cn2cnc(C3CCOCC3)c2)c2ccccc12. The lowest BCUT2D eigenvalue weighted by atomic mass is 9.97. The first-order chi connectivity index (χ1) is 11.8. The van der Waals surface area contributed by atoms with Crippen LogP contribution in [0.1, 0.15) is 35.6 Å². The summed E-state index contributed by atoms with van der Waals surface area (Å²) >= 11 is 0. The van der Waals surface area contributed by atoms with Crippen LogP contribution in [-0.4, -0.2) is 22.8 Å². The summed E-state index contributed by atoms with van der Waals surface area (Å²) < 4.78 is 7.57. The van der Waals surface area contributed by atoms with Gasteiger partial charge in [0.1, 0.15) is 0 Å². The molecule has 0 amide bonds. The average Bonchev–Trinajstić information content (AvgIpc) is 3.11. The molecule has 0 N–H and O–H groups in total. The summed E-state index contributed by atoms with van der Waals surface area (Å²) in [6.45, 7) is 2.43. The van der Waals surface area contributed by atoms with Gasteiger partial charge in [0, 0.05) is 31.9 Å². The minimum absolute atomic E-state index is 0.512. The van der Waals surface area contributed by atoms with E-state index in [9.17, 15) is 5.26 Å². The van der Waals surface area contributed by atoms with Gasteiger partial charge in [-0.1, -0.05) is 30.3 Å². The van der Waals surface area contributed by atoms with E-state index in [4.69, 9.17) is 4.74 Å². The highest BCUT2D eigenvalue weighted by molar-refractivity contribution is 5.90. The van der Waals surface area contributed by atoms with Gasteiger partial charge in [0.2, 0.25) is 0 Å². The van der Waals surface area contributed by atoms with Crippen molar-refractivity contribution in [2.24, 2.45) is 0 Å². The molecule has 0 radical (unpaired) electrons. The second-order valence-electron chi connectivity index (χ2n) is 6.29. The largest absolute Gasteiger partial charge is 0.381 e. The molecule has 0 spiro atoms. The highest BCUT2D eigenvalue weighted by Gasteiger charge is 2.18. The molecular weight excluding hydrogens is 298 g/mol. The third-order valence-electron chi connectivity index (χ3n) is 4.78. The van der Waals surface area contributed by atoms with Crippen molar-refractivity contribution in [2.75, 3.05) is 13.2 Å².